The summed E-state index contributed by atoms with van der Waals surface area (Å²) < 4.78 is 0. The number of nitrogens with zero attached hydrogens (tertiary/aromatic N) is 1. The molecule has 0 saturated heterocycles. The van der Waals surface area contributed by atoms with Crippen molar-refractivity contribution in [3.8, 4) is 11.3 Å². The van der Waals surface area contributed by atoms with Gasteiger partial charge in [0.2, 0.25) is 0 Å². The SMILES string of the molecule is CC(C)c1ccc2cnc(-c3[c-]cccc3)cc2c1.OC1CCCCC2CCC(O)C12.[Ir]. The summed E-state index contributed by atoms with van der Waals surface area (Å²) in [6.07, 6.45) is 8.03. The summed E-state index contributed by atoms with van der Waals surface area (Å²) in [6.45, 7) is 4.43. The van der Waals surface area contributed by atoms with E-state index in [0.29, 0.717) is 11.8 Å². The van der Waals surface area contributed by atoms with Gasteiger partial charge in [-0.2, -0.15) is 0 Å². The average molecular weight is 609 g/mol. The van der Waals surface area contributed by atoms with Crippen molar-refractivity contribution in [3.63, 3.8) is 0 Å². The quantitative estimate of drug-likeness (QED) is 0.344. The predicted octanol–water partition coefficient (Wildman–Crippen LogP) is 6.13. The van der Waals surface area contributed by atoms with E-state index in [0.717, 1.165) is 36.9 Å². The molecule has 0 amide bonds. The third kappa shape index (κ3) is 5.85. The first-order valence-corrected chi connectivity index (χ1v) is 11.8. The zero-order valence-electron chi connectivity index (χ0n) is 19.0. The fourth-order valence-electron chi connectivity index (χ4n) is 5.16. The Hall–Kier alpha value is -1.58. The molecule has 1 radical (unpaired) electrons. The topological polar surface area (TPSA) is 53.4 Å². The van der Waals surface area contributed by atoms with Crippen LogP contribution in [-0.4, -0.2) is 27.4 Å². The maximum absolute atomic E-state index is 9.77. The van der Waals surface area contributed by atoms with Crippen LogP contribution in [0.5, 0.6) is 0 Å². The molecule has 2 aliphatic rings. The molecule has 2 saturated carbocycles. The van der Waals surface area contributed by atoms with E-state index in [1.54, 1.807) is 0 Å². The van der Waals surface area contributed by atoms with E-state index in [-0.39, 0.29) is 38.2 Å². The zero-order chi connectivity index (χ0) is 21.8. The number of hydrogen-bond acceptors (Lipinski definition) is 3. The molecule has 173 valence electrons. The third-order valence-electron chi connectivity index (χ3n) is 6.99. The number of hydrogen-bond donors (Lipinski definition) is 2. The van der Waals surface area contributed by atoms with E-state index in [2.05, 4.69) is 49.2 Å². The van der Waals surface area contributed by atoms with Crippen LogP contribution in [0.2, 0.25) is 0 Å². The number of aromatic nitrogens is 1. The standard InChI is InChI=1S/C18H16N.C10H18O2.Ir/c1-13(2)15-8-9-16-12-19-18(11-17(16)10-15)14-6-4-3-5-7-14;11-8-4-2-1-3-7-5-6-9(12)10(7)8;/h3-6,8-13H,1-2H3;7-12H,1-6H2;/q-1;;. The Morgan fingerprint density at radius 3 is 2.44 bits per heavy atom. The minimum atomic E-state index is -0.227. The predicted molar refractivity (Wildman–Crippen MR) is 127 cm³/mol. The Morgan fingerprint density at radius 1 is 0.906 bits per heavy atom. The second-order valence-corrected chi connectivity index (χ2v) is 9.44. The van der Waals surface area contributed by atoms with Crippen molar-refractivity contribution in [2.24, 2.45) is 11.8 Å². The van der Waals surface area contributed by atoms with E-state index in [1.165, 1.54) is 29.2 Å². The summed E-state index contributed by atoms with van der Waals surface area (Å²) >= 11 is 0. The van der Waals surface area contributed by atoms with Crippen LogP contribution in [0.15, 0.2) is 54.7 Å². The van der Waals surface area contributed by atoms with E-state index in [1.807, 2.05) is 30.5 Å². The van der Waals surface area contributed by atoms with Gasteiger partial charge in [-0.1, -0.05) is 51.0 Å². The molecule has 4 heteroatoms. The molecule has 0 bridgehead atoms. The Balaban J connectivity index is 0.000000193. The van der Waals surface area contributed by atoms with Crippen molar-refractivity contribution < 1.29 is 30.3 Å². The molecule has 4 unspecified atom stereocenters. The smallest absolute Gasteiger partial charge is 0.0595 e. The molecule has 1 aromatic heterocycles. The van der Waals surface area contributed by atoms with Crippen molar-refractivity contribution in [3.05, 3.63) is 66.4 Å². The molecule has 2 N–H and O–H groups in total. The summed E-state index contributed by atoms with van der Waals surface area (Å²) in [4.78, 5) is 4.52. The van der Waals surface area contributed by atoms with Gasteiger partial charge in [-0.25, -0.2) is 0 Å². The first-order chi connectivity index (χ1) is 15.0. The van der Waals surface area contributed by atoms with Crippen molar-refractivity contribution >= 4 is 10.8 Å². The Kier molecular flexibility index (Phi) is 9.02. The van der Waals surface area contributed by atoms with Gasteiger partial charge in [0.25, 0.3) is 0 Å². The van der Waals surface area contributed by atoms with Crippen molar-refractivity contribution in [2.45, 2.75) is 70.5 Å². The number of benzene rings is 2. The van der Waals surface area contributed by atoms with Gasteiger partial charge >= 0.3 is 0 Å². The second-order valence-electron chi connectivity index (χ2n) is 9.44. The van der Waals surface area contributed by atoms with Crippen LogP contribution in [0.3, 0.4) is 0 Å². The number of aliphatic hydroxyl groups is 2. The van der Waals surface area contributed by atoms with Crippen LogP contribution in [0.1, 0.15) is 63.9 Å². The van der Waals surface area contributed by atoms with Crippen LogP contribution in [0.25, 0.3) is 22.0 Å². The summed E-state index contributed by atoms with van der Waals surface area (Å²) in [5.74, 6) is 1.36. The second kappa shape index (κ2) is 11.5. The maximum atomic E-state index is 9.77. The summed E-state index contributed by atoms with van der Waals surface area (Å²) in [7, 11) is 0. The molecule has 4 atom stereocenters. The fraction of sp³-hybridized carbons (Fsp3) is 0.464. The van der Waals surface area contributed by atoms with E-state index in [4.69, 9.17) is 0 Å². The van der Waals surface area contributed by atoms with Crippen LogP contribution in [0.4, 0.5) is 0 Å². The van der Waals surface area contributed by atoms with Crippen molar-refractivity contribution in [1.29, 1.82) is 0 Å². The van der Waals surface area contributed by atoms with Gasteiger partial charge in [0, 0.05) is 32.2 Å². The number of rotatable bonds is 2. The Bertz CT molecular complexity index is 991. The third-order valence-corrected chi connectivity index (χ3v) is 6.99. The Labute approximate surface area is 205 Å². The maximum Gasteiger partial charge on any atom is 0.0595 e. The monoisotopic (exact) mass is 609 g/mol. The largest absolute Gasteiger partial charge is 0.393 e. The minimum absolute atomic E-state index is 0. The molecular weight excluding hydrogens is 575 g/mol. The molecule has 32 heavy (non-hydrogen) atoms. The summed E-state index contributed by atoms with van der Waals surface area (Å²) in [6, 6.07) is 19.9. The van der Waals surface area contributed by atoms with Gasteiger partial charge in [-0.15, -0.1) is 35.9 Å². The van der Waals surface area contributed by atoms with Gasteiger partial charge in [0.05, 0.1) is 12.2 Å². The summed E-state index contributed by atoms with van der Waals surface area (Å²) in [5, 5.41) is 21.9. The normalized spacial score (nSPS) is 24.8. The first-order valence-electron chi connectivity index (χ1n) is 11.8. The summed E-state index contributed by atoms with van der Waals surface area (Å²) in [5.41, 5.74) is 3.38. The molecule has 2 aromatic carbocycles. The molecule has 2 aliphatic carbocycles. The van der Waals surface area contributed by atoms with Gasteiger partial charge < -0.3 is 15.2 Å². The van der Waals surface area contributed by atoms with Gasteiger partial charge in [0.15, 0.2) is 0 Å². The molecular formula is C28H34IrNO2-. The fourth-order valence-corrected chi connectivity index (χ4v) is 5.16. The van der Waals surface area contributed by atoms with Gasteiger partial charge in [-0.05, 0) is 59.5 Å². The van der Waals surface area contributed by atoms with E-state index < -0.39 is 0 Å². The molecule has 5 rings (SSSR count). The van der Waals surface area contributed by atoms with Crippen molar-refractivity contribution in [2.75, 3.05) is 0 Å². The molecule has 3 nitrogen and oxygen atoms in total. The Morgan fingerprint density at radius 2 is 1.69 bits per heavy atom. The van der Waals surface area contributed by atoms with Crippen LogP contribution in [0, 0.1) is 17.9 Å². The average Bonchev–Trinajstić information content (AvgIpc) is 3.06. The number of aliphatic hydroxyl groups excluding tert-OH is 2. The number of fused-ring (bicyclic) bond motifs is 2. The zero-order valence-corrected chi connectivity index (χ0v) is 21.4. The van der Waals surface area contributed by atoms with Gasteiger partial charge in [-0.3, -0.25) is 0 Å². The van der Waals surface area contributed by atoms with Crippen LogP contribution < -0.4 is 0 Å². The molecule has 3 aromatic rings. The van der Waals surface area contributed by atoms with E-state index in [9.17, 15) is 10.2 Å². The molecule has 1 heterocycles. The molecule has 0 spiro atoms. The molecule has 0 aliphatic heterocycles. The van der Waals surface area contributed by atoms with Crippen LogP contribution >= 0.6 is 0 Å². The van der Waals surface area contributed by atoms with E-state index >= 15 is 0 Å². The molecule has 2 fully saturated rings. The number of pyridine rings is 1. The first kappa shape index (κ1) is 25.0. The van der Waals surface area contributed by atoms with Crippen molar-refractivity contribution in [1.82, 2.24) is 4.98 Å². The minimum Gasteiger partial charge on any atom is -0.393 e. The van der Waals surface area contributed by atoms with Crippen LogP contribution in [-0.2, 0) is 20.1 Å². The van der Waals surface area contributed by atoms with Gasteiger partial charge in [0.1, 0.15) is 0 Å².